The number of hydrogen-bond acceptors (Lipinski definition) is 5. The van der Waals surface area contributed by atoms with Crippen LogP contribution < -0.4 is 5.32 Å². The van der Waals surface area contributed by atoms with Crippen molar-refractivity contribution in [2.75, 3.05) is 11.9 Å². The maximum Gasteiger partial charge on any atom is 0.180 e. The van der Waals surface area contributed by atoms with Gasteiger partial charge in [-0.05, 0) is 12.1 Å². The molecule has 0 bridgehead atoms. The van der Waals surface area contributed by atoms with Crippen molar-refractivity contribution in [1.82, 2.24) is 24.9 Å². The minimum Gasteiger partial charge on any atom is -0.370 e. The SMILES string of the molecule is c1c[nH]c(CCNc2ccc3nccnc3n2)n1. The Morgan fingerprint density at radius 1 is 1.06 bits per heavy atom. The van der Waals surface area contributed by atoms with E-state index in [4.69, 9.17) is 0 Å². The summed E-state index contributed by atoms with van der Waals surface area (Å²) in [6, 6.07) is 3.81. The third kappa shape index (κ3) is 2.27. The Labute approximate surface area is 104 Å². The average Bonchev–Trinajstić information content (AvgIpc) is 2.92. The van der Waals surface area contributed by atoms with Crippen LogP contribution in [0.1, 0.15) is 5.82 Å². The van der Waals surface area contributed by atoms with Crippen molar-refractivity contribution < 1.29 is 0 Å². The van der Waals surface area contributed by atoms with Gasteiger partial charge in [-0.25, -0.2) is 15.0 Å². The van der Waals surface area contributed by atoms with E-state index in [1.807, 2.05) is 18.3 Å². The van der Waals surface area contributed by atoms with E-state index >= 15 is 0 Å². The number of fused-ring (bicyclic) bond motifs is 1. The van der Waals surface area contributed by atoms with Crippen LogP contribution >= 0.6 is 0 Å². The molecule has 0 saturated heterocycles. The first-order valence-corrected chi connectivity index (χ1v) is 5.72. The van der Waals surface area contributed by atoms with Gasteiger partial charge in [0.2, 0.25) is 0 Å². The molecule has 0 aliphatic heterocycles. The Kier molecular flexibility index (Phi) is 2.83. The predicted molar refractivity (Wildman–Crippen MR) is 68.1 cm³/mol. The van der Waals surface area contributed by atoms with Gasteiger partial charge in [-0.1, -0.05) is 0 Å². The molecule has 6 nitrogen and oxygen atoms in total. The number of nitrogens with one attached hydrogen (secondary N) is 2. The van der Waals surface area contributed by atoms with E-state index in [0.29, 0.717) is 5.65 Å². The van der Waals surface area contributed by atoms with Crippen LogP contribution in [0.3, 0.4) is 0 Å². The summed E-state index contributed by atoms with van der Waals surface area (Å²) in [5, 5.41) is 3.24. The normalized spacial score (nSPS) is 10.7. The highest BCUT2D eigenvalue weighted by Crippen LogP contribution is 2.09. The molecule has 0 saturated carbocycles. The van der Waals surface area contributed by atoms with Crippen LogP contribution in [-0.2, 0) is 6.42 Å². The lowest BCUT2D eigenvalue weighted by molar-refractivity contribution is 0.922. The van der Waals surface area contributed by atoms with Gasteiger partial charge in [-0.15, -0.1) is 0 Å². The van der Waals surface area contributed by atoms with Crippen LogP contribution in [0.4, 0.5) is 5.82 Å². The average molecular weight is 240 g/mol. The number of anilines is 1. The molecule has 0 amide bonds. The zero-order valence-corrected chi connectivity index (χ0v) is 9.67. The van der Waals surface area contributed by atoms with E-state index in [1.54, 1.807) is 18.6 Å². The molecule has 0 atom stereocenters. The molecule has 0 radical (unpaired) electrons. The zero-order valence-electron chi connectivity index (χ0n) is 9.67. The van der Waals surface area contributed by atoms with Crippen molar-refractivity contribution in [3.63, 3.8) is 0 Å². The Morgan fingerprint density at radius 2 is 2.00 bits per heavy atom. The van der Waals surface area contributed by atoms with Crippen LogP contribution in [-0.4, -0.2) is 31.5 Å². The molecule has 3 aromatic heterocycles. The summed E-state index contributed by atoms with van der Waals surface area (Å²) < 4.78 is 0. The molecular formula is C12H12N6. The molecule has 90 valence electrons. The fourth-order valence-corrected chi connectivity index (χ4v) is 1.70. The van der Waals surface area contributed by atoms with Gasteiger partial charge >= 0.3 is 0 Å². The Bertz CT molecular complexity index is 634. The lowest BCUT2D eigenvalue weighted by Gasteiger charge is -2.04. The van der Waals surface area contributed by atoms with Gasteiger partial charge in [-0.3, -0.25) is 4.98 Å². The Balaban J connectivity index is 1.67. The summed E-state index contributed by atoms with van der Waals surface area (Å²) in [6.45, 7) is 0.770. The standard InChI is InChI=1S/C12H12N6/c1-2-11(14-4-3-10-15-6-7-16-10)18-12-9(1)13-5-8-17-12/h1-2,5-8H,3-4H2,(H,15,16)(H,14,17,18). The first kappa shape index (κ1) is 10.6. The van der Waals surface area contributed by atoms with Gasteiger partial charge in [0.25, 0.3) is 0 Å². The third-order valence-electron chi connectivity index (χ3n) is 2.55. The lowest BCUT2D eigenvalue weighted by atomic mass is 10.3. The minimum absolute atomic E-state index is 0.653. The first-order chi connectivity index (χ1) is 8.92. The molecule has 0 unspecified atom stereocenters. The summed E-state index contributed by atoms with van der Waals surface area (Å²) in [5.41, 5.74) is 1.45. The fourth-order valence-electron chi connectivity index (χ4n) is 1.70. The largest absolute Gasteiger partial charge is 0.370 e. The van der Waals surface area contributed by atoms with Gasteiger partial charge in [0, 0.05) is 37.8 Å². The summed E-state index contributed by atoms with van der Waals surface area (Å²) in [4.78, 5) is 19.9. The first-order valence-electron chi connectivity index (χ1n) is 5.72. The Hall–Kier alpha value is -2.50. The number of hydrogen-bond donors (Lipinski definition) is 2. The molecule has 0 spiro atoms. The molecule has 3 rings (SSSR count). The van der Waals surface area contributed by atoms with Crippen molar-refractivity contribution in [1.29, 1.82) is 0 Å². The molecule has 18 heavy (non-hydrogen) atoms. The van der Waals surface area contributed by atoms with Gasteiger partial charge < -0.3 is 10.3 Å². The second kappa shape index (κ2) is 4.79. The van der Waals surface area contributed by atoms with Crippen molar-refractivity contribution in [3.8, 4) is 0 Å². The highest BCUT2D eigenvalue weighted by molar-refractivity contribution is 5.71. The number of aromatic nitrogens is 5. The number of nitrogens with zero attached hydrogens (tertiary/aromatic N) is 4. The zero-order chi connectivity index (χ0) is 12.2. The van der Waals surface area contributed by atoms with Crippen molar-refractivity contribution in [3.05, 3.63) is 42.7 Å². The number of imidazole rings is 1. The number of aromatic amines is 1. The van der Waals surface area contributed by atoms with Crippen molar-refractivity contribution >= 4 is 17.0 Å². The van der Waals surface area contributed by atoms with Crippen LogP contribution in [0.15, 0.2) is 36.9 Å². The summed E-state index contributed by atoms with van der Waals surface area (Å²) in [7, 11) is 0. The van der Waals surface area contributed by atoms with E-state index in [0.717, 1.165) is 30.1 Å². The minimum atomic E-state index is 0.653. The molecule has 6 heteroatoms. The van der Waals surface area contributed by atoms with Gasteiger partial charge in [0.1, 0.15) is 17.2 Å². The highest BCUT2D eigenvalue weighted by Gasteiger charge is 2.00. The van der Waals surface area contributed by atoms with Crippen LogP contribution in [0, 0.1) is 0 Å². The number of pyridine rings is 1. The van der Waals surface area contributed by atoms with Crippen molar-refractivity contribution in [2.45, 2.75) is 6.42 Å². The molecule has 3 aromatic rings. The second-order valence-corrected chi connectivity index (χ2v) is 3.81. The second-order valence-electron chi connectivity index (χ2n) is 3.81. The van der Waals surface area contributed by atoms with Crippen LogP contribution in [0.2, 0.25) is 0 Å². The van der Waals surface area contributed by atoms with Gasteiger partial charge in [0.05, 0.1) is 0 Å². The maximum absolute atomic E-state index is 4.38. The summed E-state index contributed by atoms with van der Waals surface area (Å²) >= 11 is 0. The van der Waals surface area contributed by atoms with E-state index in [-0.39, 0.29) is 0 Å². The summed E-state index contributed by atoms with van der Waals surface area (Å²) in [6.07, 6.45) is 7.70. The van der Waals surface area contributed by atoms with Crippen molar-refractivity contribution in [2.24, 2.45) is 0 Å². The molecule has 3 heterocycles. The smallest absolute Gasteiger partial charge is 0.180 e. The molecular weight excluding hydrogens is 228 g/mol. The lowest BCUT2D eigenvalue weighted by Crippen LogP contribution is -2.07. The predicted octanol–water partition coefficient (Wildman–Crippen LogP) is 1.40. The molecule has 0 fully saturated rings. The van der Waals surface area contributed by atoms with Gasteiger partial charge in [0.15, 0.2) is 5.65 Å². The molecule has 0 aliphatic carbocycles. The van der Waals surface area contributed by atoms with Crippen LogP contribution in [0.25, 0.3) is 11.2 Å². The summed E-state index contributed by atoms with van der Waals surface area (Å²) in [5.74, 6) is 1.76. The van der Waals surface area contributed by atoms with E-state index < -0.39 is 0 Å². The molecule has 2 N–H and O–H groups in total. The number of rotatable bonds is 4. The fraction of sp³-hybridized carbons (Fsp3) is 0.167. The quantitative estimate of drug-likeness (QED) is 0.720. The maximum atomic E-state index is 4.38. The molecule has 0 aromatic carbocycles. The van der Waals surface area contributed by atoms with Gasteiger partial charge in [-0.2, -0.15) is 0 Å². The molecule has 0 aliphatic rings. The van der Waals surface area contributed by atoms with E-state index in [9.17, 15) is 0 Å². The Morgan fingerprint density at radius 3 is 2.89 bits per heavy atom. The highest BCUT2D eigenvalue weighted by atomic mass is 15.0. The third-order valence-corrected chi connectivity index (χ3v) is 2.55. The van der Waals surface area contributed by atoms with Crippen LogP contribution in [0.5, 0.6) is 0 Å². The van der Waals surface area contributed by atoms with E-state index in [1.165, 1.54) is 0 Å². The van der Waals surface area contributed by atoms with E-state index in [2.05, 4.69) is 30.2 Å². The monoisotopic (exact) mass is 240 g/mol. The topological polar surface area (TPSA) is 79.4 Å². The number of H-pyrrole nitrogens is 1.